The number of nitrogens with one attached hydrogen (secondary N) is 1. The maximum Gasteiger partial charge on any atom is 0.407 e. The third-order valence-corrected chi connectivity index (χ3v) is 2.66. The van der Waals surface area contributed by atoms with Crippen LogP contribution in [0.3, 0.4) is 0 Å². The molecular formula is C15H20N4O3. The van der Waals surface area contributed by atoms with Gasteiger partial charge in [-0.2, -0.15) is 4.98 Å². The first-order valence-corrected chi connectivity index (χ1v) is 6.96. The molecule has 3 N–H and O–H groups in total. The average molecular weight is 304 g/mol. The van der Waals surface area contributed by atoms with Crippen LogP contribution in [0.2, 0.25) is 0 Å². The van der Waals surface area contributed by atoms with Crippen molar-refractivity contribution in [3.63, 3.8) is 0 Å². The predicted molar refractivity (Wildman–Crippen MR) is 80.7 cm³/mol. The maximum absolute atomic E-state index is 11.6. The number of nitrogens with two attached hydrogens (primary N) is 1. The normalized spacial score (nSPS) is 11.3. The molecule has 2 aromatic rings. The lowest BCUT2D eigenvalue weighted by atomic mass is 10.1. The van der Waals surface area contributed by atoms with Gasteiger partial charge in [-0.05, 0) is 32.4 Å². The number of amides is 1. The molecule has 1 heterocycles. The first-order chi connectivity index (χ1) is 10.4. The Morgan fingerprint density at radius 2 is 2.18 bits per heavy atom. The maximum atomic E-state index is 11.6. The summed E-state index contributed by atoms with van der Waals surface area (Å²) in [7, 11) is 0. The van der Waals surface area contributed by atoms with Crippen molar-refractivity contribution in [1.29, 1.82) is 0 Å². The Balaban J connectivity index is 2.01. The van der Waals surface area contributed by atoms with Gasteiger partial charge in [-0.15, -0.1) is 0 Å². The van der Waals surface area contributed by atoms with E-state index in [9.17, 15) is 4.79 Å². The largest absolute Gasteiger partial charge is 0.444 e. The summed E-state index contributed by atoms with van der Waals surface area (Å²) in [5.74, 6) is 0.854. The lowest BCUT2D eigenvalue weighted by Gasteiger charge is -2.19. The molecule has 0 atom stereocenters. The molecular weight excluding hydrogens is 284 g/mol. The van der Waals surface area contributed by atoms with Gasteiger partial charge in [0.25, 0.3) is 0 Å². The second-order valence-electron chi connectivity index (χ2n) is 5.77. The number of carbonyl (C=O) groups excluding carboxylic acids is 1. The van der Waals surface area contributed by atoms with Gasteiger partial charge in [-0.1, -0.05) is 23.4 Å². The molecule has 0 aliphatic rings. The summed E-state index contributed by atoms with van der Waals surface area (Å²) in [6.07, 6.45) is -0.456. The molecule has 0 aliphatic carbocycles. The zero-order valence-corrected chi connectivity index (χ0v) is 12.9. The van der Waals surface area contributed by atoms with E-state index in [-0.39, 0.29) is 6.54 Å². The number of hydrogen-bond acceptors (Lipinski definition) is 6. The van der Waals surface area contributed by atoms with E-state index >= 15 is 0 Å². The average Bonchev–Trinajstić information content (AvgIpc) is 2.93. The Bertz CT molecular complexity index is 646. The van der Waals surface area contributed by atoms with Crippen molar-refractivity contribution >= 4 is 6.09 Å². The molecule has 0 radical (unpaired) electrons. The quantitative estimate of drug-likeness (QED) is 0.897. The second-order valence-corrected chi connectivity index (χ2v) is 5.77. The highest BCUT2D eigenvalue weighted by Crippen LogP contribution is 2.17. The summed E-state index contributed by atoms with van der Waals surface area (Å²) in [5.41, 5.74) is 6.63. The fourth-order valence-electron chi connectivity index (χ4n) is 1.76. The first kappa shape index (κ1) is 16.0. The summed E-state index contributed by atoms with van der Waals surface area (Å²) in [6, 6.07) is 7.50. The fourth-order valence-corrected chi connectivity index (χ4v) is 1.76. The van der Waals surface area contributed by atoms with E-state index < -0.39 is 11.7 Å². The predicted octanol–water partition coefficient (Wildman–Crippen LogP) is 2.22. The van der Waals surface area contributed by atoms with E-state index in [0.717, 1.165) is 11.1 Å². The van der Waals surface area contributed by atoms with Crippen LogP contribution in [0, 0.1) is 0 Å². The van der Waals surface area contributed by atoms with Gasteiger partial charge in [0.2, 0.25) is 11.7 Å². The molecule has 1 aromatic carbocycles. The number of ether oxygens (including phenoxy) is 1. The Morgan fingerprint density at radius 3 is 2.82 bits per heavy atom. The highest BCUT2D eigenvalue weighted by Gasteiger charge is 2.15. The zero-order chi connectivity index (χ0) is 16.2. The van der Waals surface area contributed by atoms with Crippen molar-refractivity contribution in [2.75, 3.05) is 0 Å². The van der Waals surface area contributed by atoms with Crippen molar-refractivity contribution in [3.8, 4) is 11.4 Å². The molecule has 0 saturated heterocycles. The second kappa shape index (κ2) is 6.57. The standard InChI is InChI=1S/C15H20N4O3/c1-15(2,3)21-14(20)17-9-10-5-4-6-11(7-10)13-18-12(8-16)22-19-13/h4-7H,8-9,16H2,1-3H3,(H,17,20). The van der Waals surface area contributed by atoms with Crippen LogP contribution in [0.15, 0.2) is 28.8 Å². The first-order valence-electron chi connectivity index (χ1n) is 6.96. The van der Waals surface area contributed by atoms with Crippen molar-refractivity contribution < 1.29 is 14.1 Å². The number of carbonyl (C=O) groups is 1. The Labute approximate surface area is 128 Å². The number of alkyl carbamates (subject to hydrolysis) is 1. The topological polar surface area (TPSA) is 103 Å². The minimum Gasteiger partial charge on any atom is -0.444 e. The van der Waals surface area contributed by atoms with E-state index in [0.29, 0.717) is 18.3 Å². The Morgan fingerprint density at radius 1 is 1.41 bits per heavy atom. The van der Waals surface area contributed by atoms with Gasteiger partial charge in [0, 0.05) is 12.1 Å². The van der Waals surface area contributed by atoms with Gasteiger partial charge < -0.3 is 20.3 Å². The molecule has 7 heteroatoms. The van der Waals surface area contributed by atoms with Crippen molar-refractivity contribution in [3.05, 3.63) is 35.7 Å². The molecule has 2 rings (SSSR count). The SMILES string of the molecule is CC(C)(C)OC(=O)NCc1cccc(-c2noc(CN)n2)c1. The van der Waals surface area contributed by atoms with Crippen LogP contribution in [0.4, 0.5) is 4.79 Å². The van der Waals surface area contributed by atoms with Crippen molar-refractivity contribution in [1.82, 2.24) is 15.5 Å². The number of rotatable bonds is 4. The van der Waals surface area contributed by atoms with Crippen LogP contribution in [-0.2, 0) is 17.8 Å². The Kier molecular flexibility index (Phi) is 4.77. The smallest absolute Gasteiger partial charge is 0.407 e. The van der Waals surface area contributed by atoms with Crippen molar-refractivity contribution in [2.24, 2.45) is 5.73 Å². The summed E-state index contributed by atoms with van der Waals surface area (Å²) in [6.45, 7) is 6.01. The summed E-state index contributed by atoms with van der Waals surface area (Å²) in [5, 5.41) is 6.57. The van der Waals surface area contributed by atoms with E-state index in [2.05, 4.69) is 15.5 Å². The molecule has 7 nitrogen and oxygen atoms in total. The van der Waals surface area contributed by atoms with E-state index in [1.807, 2.05) is 45.0 Å². The number of hydrogen-bond donors (Lipinski definition) is 2. The molecule has 0 spiro atoms. The van der Waals surface area contributed by atoms with Gasteiger partial charge in [-0.25, -0.2) is 4.79 Å². The molecule has 0 unspecified atom stereocenters. The number of nitrogens with zero attached hydrogens (tertiary/aromatic N) is 2. The van der Waals surface area contributed by atoms with Gasteiger partial charge in [0.15, 0.2) is 0 Å². The molecule has 0 aliphatic heterocycles. The summed E-state index contributed by atoms with van der Waals surface area (Å²) in [4.78, 5) is 15.8. The van der Waals surface area contributed by atoms with E-state index in [4.69, 9.17) is 15.0 Å². The van der Waals surface area contributed by atoms with Crippen LogP contribution in [0.25, 0.3) is 11.4 Å². The molecule has 1 aromatic heterocycles. The molecule has 0 saturated carbocycles. The van der Waals surface area contributed by atoms with Crippen LogP contribution < -0.4 is 11.1 Å². The number of aromatic nitrogens is 2. The van der Waals surface area contributed by atoms with E-state index in [1.54, 1.807) is 0 Å². The molecule has 0 bridgehead atoms. The fraction of sp³-hybridized carbons (Fsp3) is 0.400. The van der Waals surface area contributed by atoms with Crippen LogP contribution in [0.1, 0.15) is 32.2 Å². The third-order valence-electron chi connectivity index (χ3n) is 2.66. The van der Waals surface area contributed by atoms with Gasteiger partial charge in [0.1, 0.15) is 5.60 Å². The van der Waals surface area contributed by atoms with Crippen LogP contribution in [0.5, 0.6) is 0 Å². The zero-order valence-electron chi connectivity index (χ0n) is 12.9. The summed E-state index contributed by atoms with van der Waals surface area (Å²) >= 11 is 0. The summed E-state index contributed by atoms with van der Waals surface area (Å²) < 4.78 is 10.2. The monoisotopic (exact) mass is 304 g/mol. The molecule has 22 heavy (non-hydrogen) atoms. The highest BCUT2D eigenvalue weighted by atomic mass is 16.6. The Hall–Kier alpha value is -2.41. The minimum absolute atomic E-state index is 0.201. The number of benzene rings is 1. The van der Waals surface area contributed by atoms with Crippen molar-refractivity contribution in [2.45, 2.75) is 39.5 Å². The molecule has 1 amide bonds. The minimum atomic E-state index is -0.519. The van der Waals surface area contributed by atoms with Crippen LogP contribution in [-0.4, -0.2) is 21.8 Å². The highest BCUT2D eigenvalue weighted by molar-refractivity contribution is 5.67. The van der Waals surface area contributed by atoms with Gasteiger partial charge in [-0.3, -0.25) is 0 Å². The molecule has 118 valence electrons. The lowest BCUT2D eigenvalue weighted by Crippen LogP contribution is -2.32. The third kappa shape index (κ3) is 4.56. The molecule has 0 fully saturated rings. The van der Waals surface area contributed by atoms with E-state index in [1.165, 1.54) is 0 Å². The van der Waals surface area contributed by atoms with Crippen LogP contribution >= 0.6 is 0 Å². The van der Waals surface area contributed by atoms with Gasteiger partial charge >= 0.3 is 6.09 Å². The lowest BCUT2D eigenvalue weighted by molar-refractivity contribution is 0.0523. The van der Waals surface area contributed by atoms with Gasteiger partial charge in [0.05, 0.1) is 6.54 Å².